The summed E-state index contributed by atoms with van der Waals surface area (Å²) in [5.74, 6) is 0. The predicted octanol–water partition coefficient (Wildman–Crippen LogP) is 1.91. The van der Waals surface area contributed by atoms with Gasteiger partial charge in [0.05, 0.1) is 4.90 Å². The van der Waals surface area contributed by atoms with Crippen molar-refractivity contribution in [2.45, 2.75) is 17.9 Å². The van der Waals surface area contributed by atoms with Crippen LogP contribution in [0.1, 0.15) is 11.1 Å². The summed E-state index contributed by atoms with van der Waals surface area (Å²) in [7, 11) is -3.67. The van der Waals surface area contributed by atoms with Gasteiger partial charge in [0.15, 0.2) is 0 Å². The van der Waals surface area contributed by atoms with Crippen LogP contribution in [0.2, 0.25) is 0 Å². The van der Waals surface area contributed by atoms with E-state index in [1.807, 2.05) is 12.1 Å². The number of sulfonamides is 1. The average molecular weight is 303 g/mol. The Morgan fingerprint density at radius 3 is 2.81 bits per heavy atom. The number of para-hydroxylation sites is 1. The first-order valence-electron chi connectivity index (χ1n) is 6.75. The number of fused-ring (bicyclic) bond motifs is 1. The van der Waals surface area contributed by atoms with Crippen molar-refractivity contribution in [1.82, 2.24) is 0 Å². The smallest absolute Gasteiger partial charge is 0.238 e. The van der Waals surface area contributed by atoms with Gasteiger partial charge in [-0.15, -0.1) is 0 Å². The number of hydrogen-bond donors (Lipinski definition) is 3. The van der Waals surface area contributed by atoms with Crippen molar-refractivity contribution in [3.63, 3.8) is 0 Å². The van der Waals surface area contributed by atoms with Gasteiger partial charge in [-0.2, -0.15) is 0 Å². The van der Waals surface area contributed by atoms with Crippen molar-refractivity contribution in [3.8, 4) is 0 Å². The maximum absolute atomic E-state index is 11.4. The first-order valence-corrected chi connectivity index (χ1v) is 8.30. The van der Waals surface area contributed by atoms with Crippen LogP contribution in [0.15, 0.2) is 47.4 Å². The standard InChI is InChI=1S/C15H17N3O2S/c16-21(19,20)14-6-2-5-13(9-14)18-10-12-4-1-3-11-7-8-17-15(11)12/h1-6,9,17-18H,7-8,10H2,(H2,16,19,20). The third-order valence-corrected chi connectivity index (χ3v) is 4.49. The normalized spacial score (nSPS) is 13.6. The summed E-state index contributed by atoms with van der Waals surface area (Å²) in [5, 5.41) is 11.8. The van der Waals surface area contributed by atoms with Gasteiger partial charge in [-0.05, 0) is 35.7 Å². The molecule has 0 amide bonds. The molecule has 0 aliphatic carbocycles. The van der Waals surface area contributed by atoms with E-state index in [1.54, 1.807) is 12.1 Å². The summed E-state index contributed by atoms with van der Waals surface area (Å²) in [6.45, 7) is 1.59. The van der Waals surface area contributed by atoms with Gasteiger partial charge in [0.2, 0.25) is 10.0 Å². The van der Waals surface area contributed by atoms with Gasteiger partial charge in [0.25, 0.3) is 0 Å². The lowest BCUT2D eigenvalue weighted by molar-refractivity contribution is 0.598. The highest BCUT2D eigenvalue weighted by atomic mass is 32.2. The second kappa shape index (κ2) is 5.38. The first-order chi connectivity index (χ1) is 10.0. The summed E-state index contributed by atoms with van der Waals surface area (Å²) in [6.07, 6.45) is 1.05. The van der Waals surface area contributed by atoms with E-state index in [1.165, 1.54) is 22.9 Å². The predicted molar refractivity (Wildman–Crippen MR) is 83.8 cm³/mol. The van der Waals surface area contributed by atoms with Crippen LogP contribution < -0.4 is 15.8 Å². The van der Waals surface area contributed by atoms with E-state index < -0.39 is 10.0 Å². The fourth-order valence-corrected chi connectivity index (χ4v) is 3.10. The largest absolute Gasteiger partial charge is 0.384 e. The number of nitrogens with one attached hydrogen (secondary N) is 2. The topological polar surface area (TPSA) is 84.2 Å². The second-order valence-corrected chi connectivity index (χ2v) is 6.62. The van der Waals surface area contributed by atoms with Crippen molar-refractivity contribution in [1.29, 1.82) is 0 Å². The molecule has 5 nitrogen and oxygen atoms in total. The molecule has 0 fully saturated rings. The van der Waals surface area contributed by atoms with E-state index in [0.717, 1.165) is 18.7 Å². The lowest BCUT2D eigenvalue weighted by Crippen LogP contribution is -2.12. The van der Waals surface area contributed by atoms with Crippen LogP contribution in [0.4, 0.5) is 11.4 Å². The molecule has 0 unspecified atom stereocenters. The molecule has 0 atom stereocenters. The maximum Gasteiger partial charge on any atom is 0.238 e. The van der Waals surface area contributed by atoms with Crippen LogP contribution in [0.5, 0.6) is 0 Å². The van der Waals surface area contributed by atoms with E-state index in [9.17, 15) is 8.42 Å². The minimum Gasteiger partial charge on any atom is -0.384 e. The summed E-state index contributed by atoms with van der Waals surface area (Å²) >= 11 is 0. The number of benzene rings is 2. The highest BCUT2D eigenvalue weighted by Gasteiger charge is 2.13. The van der Waals surface area contributed by atoms with Gasteiger partial charge >= 0.3 is 0 Å². The van der Waals surface area contributed by atoms with Crippen molar-refractivity contribution in [2.24, 2.45) is 5.14 Å². The lowest BCUT2D eigenvalue weighted by Gasteiger charge is -2.11. The van der Waals surface area contributed by atoms with Crippen LogP contribution >= 0.6 is 0 Å². The van der Waals surface area contributed by atoms with E-state index in [2.05, 4.69) is 22.8 Å². The highest BCUT2D eigenvalue weighted by Crippen LogP contribution is 2.27. The molecule has 3 rings (SSSR count). The molecule has 6 heteroatoms. The first kappa shape index (κ1) is 13.9. The van der Waals surface area contributed by atoms with E-state index in [4.69, 9.17) is 5.14 Å². The van der Waals surface area contributed by atoms with E-state index in [0.29, 0.717) is 6.54 Å². The van der Waals surface area contributed by atoms with Gasteiger partial charge < -0.3 is 10.6 Å². The van der Waals surface area contributed by atoms with Crippen molar-refractivity contribution < 1.29 is 8.42 Å². The van der Waals surface area contributed by atoms with E-state index >= 15 is 0 Å². The maximum atomic E-state index is 11.4. The molecule has 110 valence electrons. The number of primary sulfonamides is 1. The van der Waals surface area contributed by atoms with Crippen molar-refractivity contribution in [2.75, 3.05) is 17.2 Å². The zero-order valence-corrected chi connectivity index (χ0v) is 12.3. The Kier molecular flexibility index (Phi) is 3.57. The highest BCUT2D eigenvalue weighted by molar-refractivity contribution is 7.89. The Morgan fingerprint density at radius 1 is 1.19 bits per heavy atom. The molecule has 0 saturated heterocycles. The Morgan fingerprint density at radius 2 is 2.00 bits per heavy atom. The quantitative estimate of drug-likeness (QED) is 0.805. The Balaban J connectivity index is 1.79. The Labute approximate surface area is 124 Å². The number of nitrogens with two attached hydrogens (primary N) is 1. The van der Waals surface area contributed by atoms with Gasteiger partial charge in [-0.25, -0.2) is 13.6 Å². The Hall–Kier alpha value is -2.05. The van der Waals surface area contributed by atoms with E-state index in [-0.39, 0.29) is 4.90 Å². The second-order valence-electron chi connectivity index (χ2n) is 5.05. The zero-order valence-electron chi connectivity index (χ0n) is 11.5. The van der Waals surface area contributed by atoms with Crippen LogP contribution in [0.25, 0.3) is 0 Å². The molecule has 21 heavy (non-hydrogen) atoms. The monoisotopic (exact) mass is 303 g/mol. The number of hydrogen-bond acceptors (Lipinski definition) is 4. The van der Waals surface area contributed by atoms with Gasteiger partial charge in [0.1, 0.15) is 0 Å². The molecule has 4 N–H and O–H groups in total. The molecule has 0 spiro atoms. The number of anilines is 2. The Bertz CT molecular complexity index is 772. The number of rotatable bonds is 4. The fraction of sp³-hybridized carbons (Fsp3) is 0.200. The van der Waals surface area contributed by atoms with Crippen molar-refractivity contribution >= 4 is 21.4 Å². The van der Waals surface area contributed by atoms with Crippen LogP contribution in [-0.2, 0) is 23.0 Å². The molecule has 0 aromatic heterocycles. The molecule has 0 saturated carbocycles. The van der Waals surface area contributed by atoms with Gasteiger partial charge in [0, 0.05) is 24.5 Å². The molecule has 1 aliphatic rings. The molecule has 2 aromatic rings. The minimum absolute atomic E-state index is 0.115. The zero-order chi connectivity index (χ0) is 14.9. The molecule has 2 aromatic carbocycles. The van der Waals surface area contributed by atoms with Gasteiger partial charge in [-0.1, -0.05) is 24.3 Å². The summed E-state index contributed by atoms with van der Waals surface area (Å²) < 4.78 is 22.7. The van der Waals surface area contributed by atoms with Crippen LogP contribution in [0, 0.1) is 0 Å². The van der Waals surface area contributed by atoms with Crippen molar-refractivity contribution in [3.05, 3.63) is 53.6 Å². The summed E-state index contributed by atoms with van der Waals surface area (Å²) in [4.78, 5) is 0.115. The third-order valence-electron chi connectivity index (χ3n) is 3.58. The molecule has 1 aliphatic heterocycles. The average Bonchev–Trinajstić information content (AvgIpc) is 2.93. The molecule has 0 bridgehead atoms. The summed E-state index contributed by atoms with van der Waals surface area (Å²) in [6, 6.07) is 12.8. The van der Waals surface area contributed by atoms with Crippen LogP contribution in [0.3, 0.4) is 0 Å². The lowest BCUT2D eigenvalue weighted by atomic mass is 10.1. The SMILES string of the molecule is NS(=O)(=O)c1cccc(NCc2cccc3c2NCC3)c1. The molecule has 0 radical (unpaired) electrons. The molecular weight excluding hydrogens is 286 g/mol. The minimum atomic E-state index is -3.67. The van der Waals surface area contributed by atoms with Crippen LogP contribution in [-0.4, -0.2) is 15.0 Å². The molecular formula is C15H17N3O2S. The third kappa shape index (κ3) is 3.01. The van der Waals surface area contributed by atoms with Gasteiger partial charge in [-0.3, -0.25) is 0 Å². The molecule has 1 heterocycles. The fourth-order valence-electron chi connectivity index (χ4n) is 2.54. The summed E-state index contributed by atoms with van der Waals surface area (Å²) in [5.41, 5.74) is 4.42.